The molecule has 1 rings (SSSR count). The van der Waals surface area contributed by atoms with E-state index in [0.717, 1.165) is 25.0 Å². The van der Waals surface area contributed by atoms with E-state index in [0.29, 0.717) is 23.7 Å². The SMILES string of the molecule is CCCCOC(=O)CCSC1(C)CC=C(C(C)C)CC1. The predicted molar refractivity (Wildman–Crippen MR) is 88.1 cm³/mol. The topological polar surface area (TPSA) is 26.3 Å². The maximum Gasteiger partial charge on any atom is 0.306 e. The zero-order valence-electron chi connectivity index (χ0n) is 13.5. The second-order valence-electron chi connectivity index (χ2n) is 6.26. The van der Waals surface area contributed by atoms with Gasteiger partial charge in [-0.2, -0.15) is 11.8 Å². The summed E-state index contributed by atoms with van der Waals surface area (Å²) < 4.78 is 5.50. The van der Waals surface area contributed by atoms with Crippen LogP contribution < -0.4 is 0 Å². The highest BCUT2D eigenvalue weighted by Crippen LogP contribution is 2.40. The average molecular weight is 298 g/mol. The molecule has 0 aromatic heterocycles. The molecule has 0 aliphatic heterocycles. The first-order valence-corrected chi connectivity index (χ1v) is 8.94. The van der Waals surface area contributed by atoms with E-state index < -0.39 is 0 Å². The summed E-state index contributed by atoms with van der Waals surface area (Å²) in [4.78, 5) is 11.6. The quantitative estimate of drug-likeness (QED) is 0.359. The Hall–Kier alpha value is -0.440. The Morgan fingerprint density at radius 3 is 2.80 bits per heavy atom. The Bertz CT molecular complexity index is 336. The monoisotopic (exact) mass is 298 g/mol. The Kier molecular flexibility index (Phi) is 7.71. The Morgan fingerprint density at radius 1 is 1.50 bits per heavy atom. The van der Waals surface area contributed by atoms with Crippen LogP contribution >= 0.6 is 11.8 Å². The molecule has 2 nitrogen and oxygen atoms in total. The first-order chi connectivity index (χ1) is 9.47. The molecule has 0 saturated heterocycles. The van der Waals surface area contributed by atoms with Gasteiger partial charge in [-0.15, -0.1) is 0 Å². The summed E-state index contributed by atoms with van der Waals surface area (Å²) in [5, 5.41) is 0. The van der Waals surface area contributed by atoms with Gasteiger partial charge in [-0.05, 0) is 31.6 Å². The molecule has 116 valence electrons. The minimum atomic E-state index is -0.0382. The summed E-state index contributed by atoms with van der Waals surface area (Å²) in [6.07, 6.45) is 8.58. The number of carbonyl (C=O) groups excluding carboxylic acids is 1. The molecule has 0 radical (unpaired) electrons. The summed E-state index contributed by atoms with van der Waals surface area (Å²) in [5.41, 5.74) is 1.60. The molecule has 20 heavy (non-hydrogen) atoms. The lowest BCUT2D eigenvalue weighted by molar-refractivity contribution is -0.143. The minimum Gasteiger partial charge on any atom is -0.466 e. The number of hydrogen-bond donors (Lipinski definition) is 0. The first kappa shape index (κ1) is 17.6. The van der Waals surface area contributed by atoms with Gasteiger partial charge < -0.3 is 4.74 Å². The molecule has 0 N–H and O–H groups in total. The molecule has 1 aliphatic rings. The number of thioether (sulfide) groups is 1. The molecule has 0 saturated carbocycles. The van der Waals surface area contributed by atoms with Crippen molar-refractivity contribution in [3.05, 3.63) is 11.6 Å². The Balaban J connectivity index is 2.23. The second kappa shape index (κ2) is 8.76. The highest BCUT2D eigenvalue weighted by molar-refractivity contribution is 8.00. The van der Waals surface area contributed by atoms with Crippen molar-refractivity contribution in [2.75, 3.05) is 12.4 Å². The van der Waals surface area contributed by atoms with Crippen molar-refractivity contribution in [2.45, 2.75) is 71.0 Å². The molecule has 3 heteroatoms. The number of hydrogen-bond acceptors (Lipinski definition) is 3. The number of unbranched alkanes of at least 4 members (excludes halogenated alkanes) is 1. The molecule has 0 spiro atoms. The largest absolute Gasteiger partial charge is 0.466 e. The van der Waals surface area contributed by atoms with E-state index in [1.165, 1.54) is 12.8 Å². The van der Waals surface area contributed by atoms with E-state index in [2.05, 4.69) is 33.8 Å². The van der Waals surface area contributed by atoms with Crippen LogP contribution in [-0.2, 0) is 9.53 Å². The molecule has 0 heterocycles. The van der Waals surface area contributed by atoms with Crippen LogP contribution in [0.4, 0.5) is 0 Å². The third-order valence-electron chi connectivity index (χ3n) is 4.00. The highest BCUT2D eigenvalue weighted by Gasteiger charge is 2.28. The maximum absolute atomic E-state index is 11.6. The zero-order valence-corrected chi connectivity index (χ0v) is 14.4. The van der Waals surface area contributed by atoms with Crippen LogP contribution in [0.5, 0.6) is 0 Å². The van der Waals surface area contributed by atoms with Gasteiger partial charge >= 0.3 is 5.97 Å². The van der Waals surface area contributed by atoms with Crippen LogP contribution in [0.25, 0.3) is 0 Å². The molecule has 1 unspecified atom stereocenters. The lowest BCUT2D eigenvalue weighted by Crippen LogP contribution is -2.24. The molecule has 0 aromatic carbocycles. The number of esters is 1. The normalized spacial score (nSPS) is 22.8. The van der Waals surface area contributed by atoms with E-state index in [4.69, 9.17) is 4.74 Å². The van der Waals surface area contributed by atoms with Crippen molar-refractivity contribution in [1.29, 1.82) is 0 Å². The fourth-order valence-electron chi connectivity index (χ4n) is 2.40. The third kappa shape index (κ3) is 6.34. The van der Waals surface area contributed by atoms with Gasteiger partial charge in [0.2, 0.25) is 0 Å². The summed E-state index contributed by atoms with van der Waals surface area (Å²) in [6, 6.07) is 0. The number of carbonyl (C=O) groups is 1. The molecule has 0 fully saturated rings. The van der Waals surface area contributed by atoms with Crippen molar-refractivity contribution in [2.24, 2.45) is 5.92 Å². The minimum absolute atomic E-state index is 0.0382. The standard InChI is InChI=1S/C17H30O2S/c1-5-6-12-19-16(18)9-13-20-17(4)10-7-15(8-11-17)14(2)3/h7,14H,5-6,8-13H2,1-4H3. The smallest absolute Gasteiger partial charge is 0.306 e. The van der Waals surface area contributed by atoms with Gasteiger partial charge in [-0.1, -0.05) is 45.8 Å². The summed E-state index contributed by atoms with van der Waals surface area (Å²) >= 11 is 1.94. The Morgan fingerprint density at radius 2 is 2.25 bits per heavy atom. The van der Waals surface area contributed by atoms with Gasteiger partial charge in [0.1, 0.15) is 0 Å². The number of allylic oxidation sites excluding steroid dienone is 2. The molecule has 1 aliphatic carbocycles. The van der Waals surface area contributed by atoms with Gasteiger partial charge in [0.25, 0.3) is 0 Å². The van der Waals surface area contributed by atoms with Crippen LogP contribution in [-0.4, -0.2) is 23.1 Å². The van der Waals surface area contributed by atoms with Crippen LogP contribution in [0.1, 0.15) is 66.2 Å². The van der Waals surface area contributed by atoms with Gasteiger partial charge in [-0.25, -0.2) is 0 Å². The average Bonchev–Trinajstić information content (AvgIpc) is 2.39. The highest BCUT2D eigenvalue weighted by atomic mass is 32.2. The zero-order chi connectivity index (χ0) is 15.0. The fourth-order valence-corrected chi connectivity index (χ4v) is 3.61. The van der Waals surface area contributed by atoms with Gasteiger partial charge in [0.15, 0.2) is 0 Å². The van der Waals surface area contributed by atoms with Crippen molar-refractivity contribution in [3.63, 3.8) is 0 Å². The molecule has 0 amide bonds. The van der Waals surface area contributed by atoms with E-state index in [1.54, 1.807) is 5.57 Å². The van der Waals surface area contributed by atoms with Crippen LogP contribution in [0, 0.1) is 5.92 Å². The van der Waals surface area contributed by atoms with E-state index in [-0.39, 0.29) is 5.97 Å². The third-order valence-corrected chi connectivity index (χ3v) is 5.47. The predicted octanol–water partition coefficient (Wildman–Crippen LogP) is 4.98. The summed E-state index contributed by atoms with van der Waals surface area (Å²) in [6.45, 7) is 9.56. The summed E-state index contributed by atoms with van der Waals surface area (Å²) in [5.74, 6) is 1.52. The first-order valence-electron chi connectivity index (χ1n) is 7.95. The van der Waals surface area contributed by atoms with Crippen LogP contribution in [0.2, 0.25) is 0 Å². The van der Waals surface area contributed by atoms with E-state index >= 15 is 0 Å². The number of ether oxygens (including phenoxy) is 1. The summed E-state index contributed by atoms with van der Waals surface area (Å²) in [7, 11) is 0. The van der Waals surface area contributed by atoms with Crippen molar-refractivity contribution in [3.8, 4) is 0 Å². The molecular formula is C17H30O2S. The van der Waals surface area contributed by atoms with Crippen molar-refractivity contribution < 1.29 is 9.53 Å². The molecule has 0 bridgehead atoms. The van der Waals surface area contributed by atoms with Crippen LogP contribution in [0.3, 0.4) is 0 Å². The van der Waals surface area contributed by atoms with Gasteiger partial charge in [0.05, 0.1) is 13.0 Å². The molecular weight excluding hydrogens is 268 g/mol. The molecule has 1 atom stereocenters. The van der Waals surface area contributed by atoms with E-state index in [9.17, 15) is 4.79 Å². The van der Waals surface area contributed by atoms with E-state index in [1.807, 2.05) is 11.8 Å². The number of rotatable bonds is 8. The Labute approximate surface area is 128 Å². The lowest BCUT2D eigenvalue weighted by Gasteiger charge is -2.33. The maximum atomic E-state index is 11.6. The van der Waals surface area contributed by atoms with Gasteiger partial charge in [-0.3, -0.25) is 4.79 Å². The molecule has 0 aromatic rings. The van der Waals surface area contributed by atoms with Crippen molar-refractivity contribution in [1.82, 2.24) is 0 Å². The van der Waals surface area contributed by atoms with Crippen molar-refractivity contribution >= 4 is 17.7 Å². The van der Waals surface area contributed by atoms with Crippen LogP contribution in [0.15, 0.2) is 11.6 Å². The van der Waals surface area contributed by atoms with Gasteiger partial charge in [0, 0.05) is 10.5 Å². The fraction of sp³-hybridized carbons (Fsp3) is 0.824. The lowest BCUT2D eigenvalue weighted by atomic mass is 9.85. The second-order valence-corrected chi connectivity index (χ2v) is 7.94.